The average molecular weight is 391 g/mol. The molecule has 0 atom stereocenters. The van der Waals surface area contributed by atoms with Crippen molar-refractivity contribution in [1.29, 1.82) is 0 Å². The van der Waals surface area contributed by atoms with Crippen molar-refractivity contribution < 1.29 is 9.18 Å². The van der Waals surface area contributed by atoms with Crippen LogP contribution >= 0.6 is 0 Å². The van der Waals surface area contributed by atoms with E-state index in [-0.39, 0.29) is 5.82 Å². The average Bonchev–Trinajstić information content (AvgIpc) is 3.26. The first-order valence-corrected chi connectivity index (χ1v) is 9.62. The van der Waals surface area contributed by atoms with Crippen molar-refractivity contribution in [2.45, 2.75) is 19.8 Å². The minimum Gasteiger partial charge on any atom is -0.355 e. The molecule has 0 unspecified atom stereocenters. The van der Waals surface area contributed by atoms with Gasteiger partial charge in [0.05, 0.1) is 5.69 Å². The first kappa shape index (κ1) is 18.9. The highest BCUT2D eigenvalue weighted by molar-refractivity contribution is 6.00. The fourth-order valence-electron chi connectivity index (χ4n) is 3.31. The zero-order chi connectivity index (χ0) is 20.2. The van der Waals surface area contributed by atoms with E-state index in [0.29, 0.717) is 16.9 Å². The monoisotopic (exact) mass is 391 g/mol. The molecule has 2 heterocycles. The third-order valence-electron chi connectivity index (χ3n) is 4.93. The van der Waals surface area contributed by atoms with E-state index in [1.165, 1.54) is 18.9 Å². The second-order valence-electron chi connectivity index (χ2n) is 7.09. The van der Waals surface area contributed by atoms with Gasteiger partial charge in [0.15, 0.2) is 5.82 Å². The largest absolute Gasteiger partial charge is 0.355 e. The minimum absolute atomic E-state index is 0.360. The highest BCUT2D eigenvalue weighted by Gasteiger charge is 2.14. The van der Waals surface area contributed by atoms with Gasteiger partial charge in [-0.2, -0.15) is 0 Å². The van der Waals surface area contributed by atoms with E-state index in [9.17, 15) is 9.18 Å². The molecule has 0 bridgehead atoms. The number of nitrogens with one attached hydrogen (secondary N) is 2. The van der Waals surface area contributed by atoms with E-state index in [4.69, 9.17) is 0 Å². The molecule has 29 heavy (non-hydrogen) atoms. The van der Waals surface area contributed by atoms with Crippen molar-refractivity contribution in [3.8, 4) is 11.3 Å². The highest BCUT2D eigenvalue weighted by Crippen LogP contribution is 2.23. The highest BCUT2D eigenvalue weighted by atomic mass is 19.1. The zero-order valence-electron chi connectivity index (χ0n) is 16.2. The van der Waals surface area contributed by atoms with Gasteiger partial charge in [-0.15, -0.1) is 10.2 Å². The number of halogens is 1. The van der Waals surface area contributed by atoms with Crippen LogP contribution in [0.4, 0.5) is 26.4 Å². The number of hydrogen-bond acceptors (Lipinski definition) is 4. The van der Waals surface area contributed by atoms with Crippen LogP contribution in [0.15, 0.2) is 54.6 Å². The Kier molecular flexibility index (Phi) is 5.37. The molecule has 0 saturated carbocycles. The second kappa shape index (κ2) is 8.26. The molecule has 0 spiro atoms. The third-order valence-corrected chi connectivity index (χ3v) is 4.93. The molecule has 4 rings (SSSR count). The lowest BCUT2D eigenvalue weighted by Crippen LogP contribution is -2.19. The first-order valence-electron chi connectivity index (χ1n) is 9.62. The lowest BCUT2D eigenvalue weighted by molar-refractivity contribution is 0.262. The van der Waals surface area contributed by atoms with Crippen molar-refractivity contribution in [3.63, 3.8) is 0 Å². The van der Waals surface area contributed by atoms with Crippen molar-refractivity contribution in [3.05, 3.63) is 66.0 Å². The maximum absolute atomic E-state index is 13.6. The summed E-state index contributed by atoms with van der Waals surface area (Å²) < 4.78 is 13.6. The fourth-order valence-corrected chi connectivity index (χ4v) is 3.31. The van der Waals surface area contributed by atoms with Crippen LogP contribution < -0.4 is 15.5 Å². The Morgan fingerprint density at radius 3 is 2.41 bits per heavy atom. The van der Waals surface area contributed by atoms with E-state index in [1.54, 1.807) is 25.1 Å². The van der Waals surface area contributed by atoms with E-state index in [0.717, 1.165) is 30.2 Å². The van der Waals surface area contributed by atoms with Crippen molar-refractivity contribution in [1.82, 2.24) is 10.2 Å². The SMILES string of the molecule is Cc1ccc(NC(=O)Nc2cccc(-c3ccc(N4CCCC4)nn3)c2)cc1F. The molecule has 0 radical (unpaired) electrons. The van der Waals surface area contributed by atoms with Crippen LogP contribution in [-0.4, -0.2) is 29.3 Å². The summed E-state index contributed by atoms with van der Waals surface area (Å²) in [6.07, 6.45) is 2.38. The Hall–Kier alpha value is -3.48. The number of hydrogen-bond donors (Lipinski definition) is 2. The normalized spacial score (nSPS) is 13.4. The van der Waals surface area contributed by atoms with Crippen LogP contribution in [0.25, 0.3) is 11.3 Å². The van der Waals surface area contributed by atoms with Gasteiger partial charge in [0.1, 0.15) is 5.82 Å². The third kappa shape index (κ3) is 4.51. The molecule has 3 aromatic rings. The number of carbonyl (C=O) groups excluding carboxylic acids is 1. The molecule has 1 aliphatic rings. The Bertz CT molecular complexity index is 1020. The van der Waals surface area contributed by atoms with Crippen LogP contribution in [-0.2, 0) is 0 Å². The molecule has 2 amide bonds. The lowest BCUT2D eigenvalue weighted by atomic mass is 10.1. The standard InChI is InChI=1S/C22H22FN5O/c1-15-7-8-18(14-19(15)23)25-22(29)24-17-6-4-5-16(13-17)20-9-10-21(27-26-20)28-11-2-3-12-28/h4-10,13-14H,2-3,11-12H2,1H3,(H2,24,25,29). The minimum atomic E-state index is -0.444. The fraction of sp³-hybridized carbons (Fsp3) is 0.227. The van der Waals surface area contributed by atoms with Crippen molar-refractivity contribution in [2.75, 3.05) is 28.6 Å². The molecule has 6 nitrogen and oxygen atoms in total. The molecule has 148 valence electrons. The van der Waals surface area contributed by atoms with Gasteiger partial charge in [0.25, 0.3) is 0 Å². The molecular weight excluding hydrogens is 369 g/mol. The maximum Gasteiger partial charge on any atom is 0.323 e. The zero-order valence-corrected chi connectivity index (χ0v) is 16.2. The number of aryl methyl sites for hydroxylation is 1. The first-order chi connectivity index (χ1) is 14.1. The summed E-state index contributed by atoms with van der Waals surface area (Å²) in [5.41, 5.74) is 3.12. The smallest absolute Gasteiger partial charge is 0.323 e. The molecule has 1 aromatic heterocycles. The van der Waals surface area contributed by atoms with Crippen LogP contribution in [0.1, 0.15) is 18.4 Å². The molecular formula is C22H22FN5O. The van der Waals surface area contributed by atoms with Gasteiger partial charge in [0, 0.05) is 30.0 Å². The number of nitrogens with zero attached hydrogens (tertiary/aromatic N) is 3. The molecule has 1 fully saturated rings. The number of benzene rings is 2. The lowest BCUT2D eigenvalue weighted by Gasteiger charge is -2.15. The molecule has 1 saturated heterocycles. The summed E-state index contributed by atoms with van der Waals surface area (Å²) in [5, 5.41) is 14.1. The Morgan fingerprint density at radius 1 is 0.966 bits per heavy atom. The quantitative estimate of drug-likeness (QED) is 0.668. The van der Waals surface area contributed by atoms with E-state index >= 15 is 0 Å². The van der Waals surface area contributed by atoms with Crippen molar-refractivity contribution >= 4 is 23.2 Å². The van der Waals surface area contributed by atoms with E-state index in [1.807, 2.05) is 30.3 Å². The summed E-state index contributed by atoms with van der Waals surface area (Å²) in [6, 6.07) is 15.4. The van der Waals surface area contributed by atoms with Gasteiger partial charge in [-0.3, -0.25) is 0 Å². The number of carbonyl (C=O) groups is 1. The van der Waals surface area contributed by atoms with Crippen LogP contribution in [0.2, 0.25) is 0 Å². The van der Waals surface area contributed by atoms with Gasteiger partial charge in [-0.1, -0.05) is 18.2 Å². The van der Waals surface area contributed by atoms with Crippen molar-refractivity contribution in [2.24, 2.45) is 0 Å². The van der Waals surface area contributed by atoms with Gasteiger partial charge in [0.2, 0.25) is 0 Å². The summed E-state index contributed by atoms with van der Waals surface area (Å²) in [6.45, 7) is 3.71. The topological polar surface area (TPSA) is 70.2 Å². The number of anilines is 3. The summed E-state index contributed by atoms with van der Waals surface area (Å²) >= 11 is 0. The predicted molar refractivity (Wildman–Crippen MR) is 113 cm³/mol. The number of aromatic nitrogens is 2. The molecule has 1 aliphatic heterocycles. The maximum atomic E-state index is 13.6. The van der Waals surface area contributed by atoms with Gasteiger partial charge in [-0.25, -0.2) is 9.18 Å². The number of rotatable bonds is 4. The second-order valence-corrected chi connectivity index (χ2v) is 7.09. The van der Waals surface area contributed by atoms with E-state index in [2.05, 4.69) is 25.7 Å². The number of urea groups is 1. The molecule has 2 N–H and O–H groups in total. The van der Waals surface area contributed by atoms with Crippen LogP contribution in [0.3, 0.4) is 0 Å². The number of amides is 2. The summed E-state index contributed by atoms with van der Waals surface area (Å²) in [4.78, 5) is 14.5. The summed E-state index contributed by atoms with van der Waals surface area (Å²) in [7, 11) is 0. The van der Waals surface area contributed by atoms with Crippen LogP contribution in [0.5, 0.6) is 0 Å². The van der Waals surface area contributed by atoms with E-state index < -0.39 is 6.03 Å². The molecule has 7 heteroatoms. The van der Waals surface area contributed by atoms with Gasteiger partial charge < -0.3 is 15.5 Å². The molecule has 2 aromatic carbocycles. The van der Waals surface area contributed by atoms with Gasteiger partial charge >= 0.3 is 6.03 Å². The Labute approximate surface area is 168 Å². The molecule has 0 aliphatic carbocycles. The van der Waals surface area contributed by atoms with Crippen LogP contribution in [0, 0.1) is 12.7 Å². The van der Waals surface area contributed by atoms with Gasteiger partial charge in [-0.05, 0) is 61.7 Å². The summed E-state index contributed by atoms with van der Waals surface area (Å²) in [5.74, 6) is 0.533. The Balaban J connectivity index is 1.44. The predicted octanol–water partition coefficient (Wildman–Crippen LogP) is 4.84. The Morgan fingerprint density at radius 2 is 1.72 bits per heavy atom.